The van der Waals surface area contributed by atoms with E-state index in [1.807, 2.05) is 13.8 Å². The zero-order valence-corrected chi connectivity index (χ0v) is 14.9. The third-order valence-corrected chi connectivity index (χ3v) is 6.04. The van der Waals surface area contributed by atoms with Crippen molar-refractivity contribution in [1.82, 2.24) is 5.32 Å². The summed E-state index contributed by atoms with van der Waals surface area (Å²) in [7, 11) is 0. The van der Waals surface area contributed by atoms with Crippen molar-refractivity contribution in [3.05, 3.63) is 39.9 Å². The van der Waals surface area contributed by atoms with Crippen molar-refractivity contribution in [1.29, 1.82) is 0 Å². The number of nitrogens with two attached hydrogens (primary N) is 1. The maximum absolute atomic E-state index is 13.0. The Kier molecular flexibility index (Phi) is 4.82. The smallest absolute Gasteiger partial charge is 0.269 e. The van der Waals surface area contributed by atoms with Gasteiger partial charge < -0.3 is 11.1 Å². The maximum Gasteiger partial charge on any atom is 0.269 e. The molecule has 136 valence electrons. The van der Waals surface area contributed by atoms with Crippen molar-refractivity contribution in [2.24, 2.45) is 17.6 Å². The Balaban J connectivity index is 1.74. The first-order chi connectivity index (χ1) is 11.8. The third-order valence-electron chi connectivity index (χ3n) is 6.04. The van der Waals surface area contributed by atoms with Crippen LogP contribution in [0.4, 0.5) is 5.69 Å². The molecule has 2 saturated carbocycles. The molecule has 1 aromatic carbocycles. The maximum atomic E-state index is 13.0. The Morgan fingerprint density at radius 3 is 2.28 bits per heavy atom. The van der Waals surface area contributed by atoms with Gasteiger partial charge in [-0.15, -0.1) is 0 Å². The number of fused-ring (bicyclic) bond motifs is 2. The lowest BCUT2D eigenvalue weighted by Gasteiger charge is -2.46. The van der Waals surface area contributed by atoms with Crippen molar-refractivity contribution in [2.75, 3.05) is 0 Å². The van der Waals surface area contributed by atoms with Gasteiger partial charge in [0.1, 0.15) is 0 Å². The molecule has 0 saturated heterocycles. The summed E-state index contributed by atoms with van der Waals surface area (Å²) in [4.78, 5) is 23.4. The minimum absolute atomic E-state index is 0.0151. The van der Waals surface area contributed by atoms with E-state index >= 15 is 0 Å². The Morgan fingerprint density at radius 2 is 1.76 bits per heavy atom. The highest BCUT2D eigenvalue weighted by Crippen LogP contribution is 2.40. The summed E-state index contributed by atoms with van der Waals surface area (Å²) in [5.41, 5.74) is 6.26. The Bertz CT molecular complexity index is 642. The monoisotopic (exact) mass is 345 g/mol. The van der Waals surface area contributed by atoms with Crippen molar-refractivity contribution in [3.63, 3.8) is 0 Å². The highest BCUT2D eigenvalue weighted by Gasteiger charge is 2.42. The van der Waals surface area contributed by atoms with Gasteiger partial charge in [-0.1, -0.05) is 18.6 Å². The number of carbonyl (C=O) groups excluding carboxylic acids is 1. The number of nitro benzene ring substituents is 1. The fraction of sp³-hybridized carbons (Fsp3) is 0.632. The molecule has 2 atom stereocenters. The van der Waals surface area contributed by atoms with Gasteiger partial charge in [-0.25, -0.2) is 0 Å². The van der Waals surface area contributed by atoms with Gasteiger partial charge in [-0.3, -0.25) is 14.9 Å². The van der Waals surface area contributed by atoms with Crippen LogP contribution in [0, 0.1) is 22.0 Å². The highest BCUT2D eigenvalue weighted by molar-refractivity contribution is 5.87. The van der Waals surface area contributed by atoms with E-state index < -0.39 is 10.3 Å². The van der Waals surface area contributed by atoms with Crippen molar-refractivity contribution in [2.45, 2.75) is 63.5 Å². The predicted molar refractivity (Wildman–Crippen MR) is 96.1 cm³/mol. The first-order valence-electron chi connectivity index (χ1n) is 9.10. The minimum Gasteiger partial charge on any atom is -0.352 e. The molecular formula is C19H27N3O3. The normalized spacial score (nSPS) is 29.1. The molecule has 2 bridgehead atoms. The summed E-state index contributed by atoms with van der Waals surface area (Å²) >= 11 is 0. The summed E-state index contributed by atoms with van der Waals surface area (Å²) < 4.78 is 0. The van der Waals surface area contributed by atoms with Gasteiger partial charge in [0.2, 0.25) is 5.91 Å². The molecule has 6 heteroatoms. The van der Waals surface area contributed by atoms with Gasteiger partial charge in [0.15, 0.2) is 0 Å². The van der Waals surface area contributed by atoms with E-state index in [0.29, 0.717) is 11.8 Å². The molecule has 25 heavy (non-hydrogen) atoms. The van der Waals surface area contributed by atoms with E-state index in [4.69, 9.17) is 5.73 Å². The molecule has 2 aliphatic rings. The Labute approximate surface area is 148 Å². The molecule has 1 aromatic rings. The molecule has 0 aliphatic heterocycles. The number of benzene rings is 1. The molecule has 2 unspecified atom stereocenters. The van der Waals surface area contributed by atoms with Crippen LogP contribution < -0.4 is 11.1 Å². The van der Waals surface area contributed by atoms with Crippen LogP contribution in [0.1, 0.15) is 51.5 Å². The number of nitrogens with zero attached hydrogens (tertiary/aromatic N) is 1. The zero-order valence-electron chi connectivity index (χ0n) is 14.9. The van der Waals surface area contributed by atoms with E-state index in [9.17, 15) is 14.9 Å². The standard InChI is InChI=1S/C19H27N3O3/c1-19(2,14-6-8-16(9-7-14)22(24)25)18(23)21-17-12-4-3-5-13(17)11-15(20)10-12/h6-9,12-13,15,17H,3-5,10-11,20H2,1-2H3,(H,21,23). The second-order valence-electron chi connectivity index (χ2n) is 8.11. The van der Waals surface area contributed by atoms with Crippen LogP contribution in [0.5, 0.6) is 0 Å². The molecule has 2 aliphatic carbocycles. The SMILES string of the molecule is CC(C)(C(=O)NC1C2CCCC1CC(N)C2)c1ccc([N+](=O)[O-])cc1. The number of hydrogen-bond donors (Lipinski definition) is 2. The van der Waals surface area contributed by atoms with Crippen LogP contribution in [-0.4, -0.2) is 22.9 Å². The van der Waals surface area contributed by atoms with Crippen LogP contribution in [-0.2, 0) is 10.2 Å². The first kappa shape index (κ1) is 17.9. The van der Waals surface area contributed by atoms with Gasteiger partial charge in [0.25, 0.3) is 5.69 Å². The molecule has 0 spiro atoms. The van der Waals surface area contributed by atoms with E-state index in [0.717, 1.165) is 31.2 Å². The molecule has 0 aromatic heterocycles. The molecule has 0 heterocycles. The van der Waals surface area contributed by atoms with Gasteiger partial charge >= 0.3 is 0 Å². The third kappa shape index (κ3) is 3.54. The zero-order chi connectivity index (χ0) is 18.2. The number of non-ortho nitro benzene ring substituents is 1. The van der Waals surface area contributed by atoms with E-state index in [1.54, 1.807) is 12.1 Å². The van der Waals surface area contributed by atoms with E-state index in [-0.39, 0.29) is 23.7 Å². The van der Waals surface area contributed by atoms with Gasteiger partial charge in [0.05, 0.1) is 10.3 Å². The highest BCUT2D eigenvalue weighted by atomic mass is 16.6. The van der Waals surface area contributed by atoms with Crippen molar-refractivity contribution in [3.8, 4) is 0 Å². The molecule has 1 amide bonds. The fourth-order valence-electron chi connectivity index (χ4n) is 4.49. The quantitative estimate of drug-likeness (QED) is 0.647. The van der Waals surface area contributed by atoms with Crippen LogP contribution in [0.25, 0.3) is 0 Å². The predicted octanol–water partition coefficient (Wildman–Crippen LogP) is 2.89. The number of rotatable bonds is 4. The number of nitrogens with one attached hydrogen (secondary N) is 1. The summed E-state index contributed by atoms with van der Waals surface area (Å²) in [6.07, 6.45) is 5.46. The van der Waals surface area contributed by atoms with E-state index in [1.165, 1.54) is 18.6 Å². The lowest BCUT2D eigenvalue weighted by atomic mass is 9.66. The second-order valence-corrected chi connectivity index (χ2v) is 8.11. The molecule has 0 radical (unpaired) electrons. The number of hydrogen-bond acceptors (Lipinski definition) is 4. The second kappa shape index (κ2) is 6.75. The lowest BCUT2D eigenvalue weighted by Crippen LogP contribution is -2.56. The topological polar surface area (TPSA) is 98.3 Å². The number of carbonyl (C=O) groups is 1. The van der Waals surface area contributed by atoms with Crippen molar-refractivity contribution >= 4 is 11.6 Å². The van der Waals surface area contributed by atoms with Gasteiger partial charge in [-0.05, 0) is 56.9 Å². The average molecular weight is 345 g/mol. The number of amides is 1. The Hall–Kier alpha value is -1.95. The fourth-order valence-corrected chi connectivity index (χ4v) is 4.49. The first-order valence-corrected chi connectivity index (χ1v) is 9.10. The van der Waals surface area contributed by atoms with Crippen LogP contribution in [0.15, 0.2) is 24.3 Å². The largest absolute Gasteiger partial charge is 0.352 e. The lowest BCUT2D eigenvalue weighted by molar-refractivity contribution is -0.384. The van der Waals surface area contributed by atoms with Crippen LogP contribution in [0.2, 0.25) is 0 Å². The summed E-state index contributed by atoms with van der Waals surface area (Å²) in [6, 6.07) is 6.73. The Morgan fingerprint density at radius 1 is 1.20 bits per heavy atom. The number of nitro groups is 1. The molecule has 2 fully saturated rings. The summed E-state index contributed by atoms with van der Waals surface area (Å²) in [5.74, 6) is 0.928. The van der Waals surface area contributed by atoms with Gasteiger partial charge in [-0.2, -0.15) is 0 Å². The van der Waals surface area contributed by atoms with Crippen LogP contribution in [0.3, 0.4) is 0 Å². The summed E-state index contributed by atoms with van der Waals surface area (Å²) in [6.45, 7) is 3.74. The summed E-state index contributed by atoms with van der Waals surface area (Å²) in [5, 5.41) is 14.1. The molecular weight excluding hydrogens is 318 g/mol. The van der Waals surface area contributed by atoms with Crippen molar-refractivity contribution < 1.29 is 9.72 Å². The average Bonchev–Trinajstić information content (AvgIpc) is 2.55. The van der Waals surface area contributed by atoms with Crippen LogP contribution >= 0.6 is 0 Å². The molecule has 6 nitrogen and oxygen atoms in total. The van der Waals surface area contributed by atoms with Gasteiger partial charge in [0, 0.05) is 24.2 Å². The van der Waals surface area contributed by atoms with E-state index in [2.05, 4.69) is 5.32 Å². The molecule has 3 N–H and O–H groups in total. The minimum atomic E-state index is -0.733. The molecule has 3 rings (SSSR count).